The Morgan fingerprint density at radius 2 is 2.10 bits per heavy atom. The number of imidazole rings is 1. The first-order chi connectivity index (χ1) is 10.3. The zero-order chi connectivity index (χ0) is 14.2. The zero-order valence-electron chi connectivity index (χ0n) is 11.5. The fourth-order valence-electron chi connectivity index (χ4n) is 2.46. The standard InChI is InChI=1S/C16H13N5/c1-11-3-2-4-14(20-11)16-15(17-10-18-16)12-6-8-21-13(9-12)5-7-19-21/h2-10H,1H3,(H,17,18). The van der Waals surface area contributed by atoms with E-state index in [2.05, 4.69) is 26.1 Å². The number of hydrogen-bond acceptors (Lipinski definition) is 3. The molecule has 0 aliphatic rings. The van der Waals surface area contributed by atoms with Gasteiger partial charge in [-0.3, -0.25) is 4.98 Å². The lowest BCUT2D eigenvalue weighted by molar-refractivity contribution is 0.961. The maximum absolute atomic E-state index is 4.57. The maximum Gasteiger partial charge on any atom is 0.0978 e. The van der Waals surface area contributed by atoms with Crippen molar-refractivity contribution < 1.29 is 0 Å². The molecule has 0 saturated heterocycles. The molecule has 0 saturated carbocycles. The van der Waals surface area contributed by atoms with E-state index in [0.717, 1.165) is 33.9 Å². The van der Waals surface area contributed by atoms with Crippen LogP contribution in [0.5, 0.6) is 0 Å². The topological polar surface area (TPSA) is 58.9 Å². The van der Waals surface area contributed by atoms with Gasteiger partial charge in [-0.15, -0.1) is 0 Å². The number of aryl methyl sites for hydroxylation is 1. The number of nitrogens with one attached hydrogen (secondary N) is 1. The van der Waals surface area contributed by atoms with Gasteiger partial charge in [0, 0.05) is 23.7 Å². The Balaban J connectivity index is 1.88. The molecule has 0 radical (unpaired) electrons. The molecule has 0 spiro atoms. The molecule has 0 aliphatic heterocycles. The van der Waals surface area contributed by atoms with Crippen LogP contribution in [0.4, 0.5) is 0 Å². The summed E-state index contributed by atoms with van der Waals surface area (Å²) in [4.78, 5) is 12.2. The highest BCUT2D eigenvalue weighted by molar-refractivity contribution is 5.78. The molecular formula is C16H13N5. The van der Waals surface area contributed by atoms with Crippen LogP contribution in [0.2, 0.25) is 0 Å². The summed E-state index contributed by atoms with van der Waals surface area (Å²) in [6.07, 6.45) is 5.43. The van der Waals surface area contributed by atoms with E-state index in [0.29, 0.717) is 0 Å². The second-order valence-corrected chi connectivity index (χ2v) is 4.91. The van der Waals surface area contributed by atoms with Crippen LogP contribution in [-0.4, -0.2) is 24.6 Å². The van der Waals surface area contributed by atoms with E-state index in [4.69, 9.17) is 0 Å². The third-order valence-electron chi connectivity index (χ3n) is 3.46. The van der Waals surface area contributed by atoms with Gasteiger partial charge in [0.2, 0.25) is 0 Å². The highest BCUT2D eigenvalue weighted by atomic mass is 15.2. The second kappa shape index (κ2) is 4.56. The van der Waals surface area contributed by atoms with Crippen molar-refractivity contribution in [3.8, 4) is 22.6 Å². The van der Waals surface area contributed by atoms with Crippen molar-refractivity contribution in [2.24, 2.45) is 0 Å². The van der Waals surface area contributed by atoms with Crippen LogP contribution in [0.25, 0.3) is 28.2 Å². The Bertz CT molecular complexity index is 919. The summed E-state index contributed by atoms with van der Waals surface area (Å²) >= 11 is 0. The Morgan fingerprint density at radius 3 is 3.00 bits per heavy atom. The third-order valence-corrected chi connectivity index (χ3v) is 3.46. The second-order valence-electron chi connectivity index (χ2n) is 4.91. The minimum atomic E-state index is 0.899. The number of aromatic amines is 1. The molecule has 4 aromatic rings. The van der Waals surface area contributed by atoms with Crippen molar-refractivity contribution in [3.05, 3.63) is 60.8 Å². The number of pyridine rings is 2. The highest BCUT2D eigenvalue weighted by Crippen LogP contribution is 2.28. The van der Waals surface area contributed by atoms with Crippen LogP contribution in [0.1, 0.15) is 5.69 Å². The summed E-state index contributed by atoms with van der Waals surface area (Å²) in [7, 11) is 0. The van der Waals surface area contributed by atoms with Crippen molar-refractivity contribution in [1.82, 2.24) is 24.6 Å². The molecule has 4 aromatic heterocycles. The molecule has 5 heteroatoms. The van der Waals surface area contributed by atoms with Crippen molar-refractivity contribution in [3.63, 3.8) is 0 Å². The van der Waals surface area contributed by atoms with Crippen LogP contribution in [0.15, 0.2) is 55.1 Å². The number of aromatic nitrogens is 5. The molecule has 4 rings (SSSR count). The van der Waals surface area contributed by atoms with Gasteiger partial charge in [-0.1, -0.05) is 6.07 Å². The van der Waals surface area contributed by atoms with Crippen LogP contribution in [0.3, 0.4) is 0 Å². The van der Waals surface area contributed by atoms with E-state index in [9.17, 15) is 0 Å². The summed E-state index contributed by atoms with van der Waals surface area (Å²) < 4.78 is 1.83. The molecule has 1 N–H and O–H groups in total. The van der Waals surface area contributed by atoms with Gasteiger partial charge in [0.05, 0.1) is 28.9 Å². The van der Waals surface area contributed by atoms with E-state index in [1.54, 1.807) is 12.5 Å². The fraction of sp³-hybridized carbons (Fsp3) is 0.0625. The van der Waals surface area contributed by atoms with Crippen LogP contribution in [-0.2, 0) is 0 Å². The van der Waals surface area contributed by atoms with Crippen molar-refractivity contribution in [2.45, 2.75) is 6.92 Å². The van der Waals surface area contributed by atoms with Crippen molar-refractivity contribution >= 4 is 5.52 Å². The molecule has 0 atom stereocenters. The summed E-state index contributed by atoms with van der Waals surface area (Å²) in [6, 6.07) is 12.0. The van der Waals surface area contributed by atoms with Crippen LogP contribution in [0, 0.1) is 6.92 Å². The van der Waals surface area contributed by atoms with Gasteiger partial charge in [0.25, 0.3) is 0 Å². The summed E-state index contributed by atoms with van der Waals surface area (Å²) in [5.74, 6) is 0. The van der Waals surface area contributed by atoms with E-state index in [-0.39, 0.29) is 0 Å². The highest BCUT2D eigenvalue weighted by Gasteiger charge is 2.12. The maximum atomic E-state index is 4.57. The van der Waals surface area contributed by atoms with Gasteiger partial charge in [0.15, 0.2) is 0 Å². The fourth-order valence-corrected chi connectivity index (χ4v) is 2.46. The van der Waals surface area contributed by atoms with Gasteiger partial charge in [-0.05, 0) is 37.3 Å². The summed E-state index contributed by atoms with van der Waals surface area (Å²) in [5, 5.41) is 4.21. The van der Waals surface area contributed by atoms with Crippen molar-refractivity contribution in [1.29, 1.82) is 0 Å². The van der Waals surface area contributed by atoms with Crippen molar-refractivity contribution in [2.75, 3.05) is 0 Å². The van der Waals surface area contributed by atoms with Gasteiger partial charge in [-0.25, -0.2) is 9.50 Å². The SMILES string of the molecule is Cc1cccc(-c2[nH]cnc2-c2ccn3nccc3c2)n1. The predicted octanol–water partition coefficient (Wildman–Crippen LogP) is 3.09. The lowest BCUT2D eigenvalue weighted by atomic mass is 10.1. The minimum absolute atomic E-state index is 0.899. The molecular weight excluding hydrogens is 262 g/mol. The first-order valence-electron chi connectivity index (χ1n) is 6.72. The van der Waals surface area contributed by atoms with Crippen LogP contribution < -0.4 is 0 Å². The quantitative estimate of drug-likeness (QED) is 0.611. The average molecular weight is 275 g/mol. The molecule has 0 bridgehead atoms. The summed E-state index contributed by atoms with van der Waals surface area (Å²) in [5.41, 5.74) is 5.80. The van der Waals surface area contributed by atoms with Gasteiger partial charge in [0.1, 0.15) is 0 Å². The monoisotopic (exact) mass is 275 g/mol. The molecule has 0 aromatic carbocycles. The largest absolute Gasteiger partial charge is 0.343 e. The molecule has 102 valence electrons. The Kier molecular flexibility index (Phi) is 2.57. The summed E-state index contributed by atoms with van der Waals surface area (Å²) in [6.45, 7) is 1.98. The Labute approximate surface area is 121 Å². The van der Waals surface area contributed by atoms with E-state index < -0.39 is 0 Å². The lowest BCUT2D eigenvalue weighted by Gasteiger charge is -2.04. The minimum Gasteiger partial charge on any atom is -0.343 e. The number of fused-ring (bicyclic) bond motifs is 1. The lowest BCUT2D eigenvalue weighted by Crippen LogP contribution is -1.91. The van der Waals surface area contributed by atoms with Crippen LogP contribution >= 0.6 is 0 Å². The normalized spacial score (nSPS) is 11.1. The Hall–Kier alpha value is -2.95. The van der Waals surface area contributed by atoms with E-state index >= 15 is 0 Å². The molecule has 21 heavy (non-hydrogen) atoms. The smallest absolute Gasteiger partial charge is 0.0978 e. The average Bonchev–Trinajstić information content (AvgIpc) is 3.15. The van der Waals surface area contributed by atoms with Gasteiger partial charge < -0.3 is 4.98 Å². The molecule has 0 fully saturated rings. The number of hydrogen-bond donors (Lipinski definition) is 1. The number of H-pyrrole nitrogens is 1. The predicted molar refractivity (Wildman–Crippen MR) is 80.7 cm³/mol. The number of nitrogens with zero attached hydrogens (tertiary/aromatic N) is 4. The molecule has 0 amide bonds. The zero-order valence-corrected chi connectivity index (χ0v) is 11.5. The molecule has 4 heterocycles. The number of rotatable bonds is 2. The van der Waals surface area contributed by atoms with E-state index in [1.807, 2.05) is 48.0 Å². The molecule has 0 unspecified atom stereocenters. The van der Waals surface area contributed by atoms with Gasteiger partial charge in [-0.2, -0.15) is 5.10 Å². The Morgan fingerprint density at radius 1 is 1.14 bits per heavy atom. The third kappa shape index (κ3) is 1.99. The molecule has 5 nitrogen and oxygen atoms in total. The molecule has 0 aliphatic carbocycles. The first-order valence-corrected chi connectivity index (χ1v) is 6.72. The van der Waals surface area contributed by atoms with Gasteiger partial charge >= 0.3 is 0 Å². The first kappa shape index (κ1) is 11.8. The van der Waals surface area contributed by atoms with E-state index in [1.165, 1.54) is 0 Å².